The largest absolute Gasteiger partial charge is 0.491 e. The number of nitrogens with zero attached hydrogens (tertiary/aromatic N) is 1. The fraction of sp³-hybridized carbons (Fsp3) is 0.435. The topological polar surface area (TPSA) is 50.8 Å². The Morgan fingerprint density at radius 2 is 2.11 bits per heavy atom. The van der Waals surface area contributed by atoms with E-state index in [-0.39, 0.29) is 24.2 Å². The summed E-state index contributed by atoms with van der Waals surface area (Å²) in [4.78, 5) is 15.2. The van der Waals surface area contributed by atoms with E-state index in [2.05, 4.69) is 19.2 Å². The van der Waals surface area contributed by atoms with Crippen molar-refractivity contribution in [3.8, 4) is 5.75 Å². The second-order valence-electron chi connectivity index (χ2n) is 7.58. The Bertz CT molecular complexity index is 832. The summed E-state index contributed by atoms with van der Waals surface area (Å²) in [6, 6.07) is 15.9. The third-order valence-electron chi connectivity index (χ3n) is 5.66. The molecular formula is C23H28N2O3. The molecule has 2 aromatic carbocycles. The van der Waals surface area contributed by atoms with Crippen LogP contribution in [0.25, 0.3) is 0 Å². The highest BCUT2D eigenvalue weighted by Gasteiger charge is 2.35. The average molecular weight is 380 g/mol. The molecule has 3 unspecified atom stereocenters. The Hall–Kier alpha value is -2.53. The molecule has 5 heteroatoms. The molecule has 0 radical (unpaired) electrons. The number of carbonyl (C=O) groups is 1. The quantitative estimate of drug-likeness (QED) is 0.795. The van der Waals surface area contributed by atoms with Crippen LogP contribution in [0.15, 0.2) is 48.5 Å². The van der Waals surface area contributed by atoms with E-state index < -0.39 is 0 Å². The van der Waals surface area contributed by atoms with Crippen LogP contribution < -0.4 is 10.1 Å². The van der Waals surface area contributed by atoms with E-state index in [0.29, 0.717) is 6.61 Å². The lowest BCUT2D eigenvalue weighted by Gasteiger charge is -2.41. The molecular weight excluding hydrogens is 352 g/mol. The normalized spacial score (nSPS) is 22.5. The molecule has 4 rings (SSSR count). The van der Waals surface area contributed by atoms with Crippen molar-refractivity contribution in [1.29, 1.82) is 0 Å². The van der Waals surface area contributed by atoms with Gasteiger partial charge in [0.05, 0.1) is 11.7 Å². The molecule has 1 fully saturated rings. The van der Waals surface area contributed by atoms with Gasteiger partial charge in [0.25, 0.3) is 5.91 Å². The molecule has 2 aliphatic heterocycles. The minimum absolute atomic E-state index is 0.0689. The van der Waals surface area contributed by atoms with Gasteiger partial charge in [0, 0.05) is 18.3 Å². The van der Waals surface area contributed by atoms with Crippen molar-refractivity contribution in [3.63, 3.8) is 0 Å². The summed E-state index contributed by atoms with van der Waals surface area (Å²) in [6.07, 6.45) is 3.01. The van der Waals surface area contributed by atoms with E-state index in [1.165, 1.54) is 0 Å². The SMILES string of the molecule is CCC(C)N1C(=O)c2ccccc2NC1c1cccc(OCC2CCCO2)c1. The highest BCUT2D eigenvalue weighted by Crippen LogP contribution is 2.36. The summed E-state index contributed by atoms with van der Waals surface area (Å²) >= 11 is 0. The third-order valence-corrected chi connectivity index (χ3v) is 5.66. The summed E-state index contributed by atoms with van der Waals surface area (Å²) in [7, 11) is 0. The summed E-state index contributed by atoms with van der Waals surface area (Å²) in [6.45, 7) is 5.60. The lowest BCUT2D eigenvalue weighted by atomic mass is 10.0. The van der Waals surface area contributed by atoms with Crippen LogP contribution in [0.1, 0.15) is 55.2 Å². The first-order valence-corrected chi connectivity index (χ1v) is 10.2. The molecule has 1 N–H and O–H groups in total. The minimum Gasteiger partial charge on any atom is -0.491 e. The molecule has 3 atom stereocenters. The van der Waals surface area contributed by atoms with E-state index in [1.807, 2.05) is 53.4 Å². The Balaban J connectivity index is 1.60. The maximum Gasteiger partial charge on any atom is 0.258 e. The van der Waals surface area contributed by atoms with Gasteiger partial charge in [0.15, 0.2) is 0 Å². The van der Waals surface area contributed by atoms with Gasteiger partial charge in [-0.2, -0.15) is 0 Å². The molecule has 2 aromatic rings. The number of anilines is 1. The minimum atomic E-state index is -0.219. The van der Waals surface area contributed by atoms with Crippen LogP contribution in [0.3, 0.4) is 0 Å². The number of hydrogen-bond donors (Lipinski definition) is 1. The Morgan fingerprint density at radius 3 is 2.89 bits per heavy atom. The number of para-hydroxylation sites is 1. The van der Waals surface area contributed by atoms with Gasteiger partial charge >= 0.3 is 0 Å². The molecule has 2 heterocycles. The van der Waals surface area contributed by atoms with Crippen LogP contribution in [0.5, 0.6) is 5.75 Å². The number of fused-ring (bicyclic) bond motifs is 1. The van der Waals surface area contributed by atoms with Crippen molar-refractivity contribution in [1.82, 2.24) is 4.90 Å². The number of carbonyl (C=O) groups excluding carboxylic acids is 1. The predicted molar refractivity (Wildman–Crippen MR) is 110 cm³/mol. The molecule has 0 bridgehead atoms. The number of ether oxygens (including phenoxy) is 2. The van der Waals surface area contributed by atoms with E-state index in [0.717, 1.165) is 48.4 Å². The molecule has 0 aromatic heterocycles. The van der Waals surface area contributed by atoms with Crippen LogP contribution in [0, 0.1) is 0 Å². The van der Waals surface area contributed by atoms with Gasteiger partial charge in [-0.1, -0.05) is 31.2 Å². The van der Waals surface area contributed by atoms with Crippen LogP contribution in [0.2, 0.25) is 0 Å². The molecule has 5 nitrogen and oxygen atoms in total. The number of hydrogen-bond acceptors (Lipinski definition) is 4. The van der Waals surface area contributed by atoms with E-state index in [1.54, 1.807) is 0 Å². The zero-order valence-corrected chi connectivity index (χ0v) is 16.6. The van der Waals surface area contributed by atoms with Crippen molar-refractivity contribution >= 4 is 11.6 Å². The summed E-state index contributed by atoms with van der Waals surface area (Å²) in [5, 5.41) is 3.56. The fourth-order valence-corrected chi connectivity index (χ4v) is 3.90. The molecule has 2 aliphatic rings. The van der Waals surface area contributed by atoms with Crippen molar-refractivity contribution in [2.75, 3.05) is 18.5 Å². The molecule has 28 heavy (non-hydrogen) atoms. The lowest BCUT2D eigenvalue weighted by molar-refractivity contribution is 0.0592. The highest BCUT2D eigenvalue weighted by molar-refractivity contribution is 6.01. The first-order valence-electron chi connectivity index (χ1n) is 10.2. The molecule has 0 spiro atoms. The first-order chi connectivity index (χ1) is 13.7. The molecule has 0 saturated carbocycles. The smallest absolute Gasteiger partial charge is 0.258 e. The lowest BCUT2D eigenvalue weighted by Crippen LogP contribution is -2.47. The van der Waals surface area contributed by atoms with Gasteiger partial charge in [-0.25, -0.2) is 0 Å². The zero-order chi connectivity index (χ0) is 19.5. The van der Waals surface area contributed by atoms with E-state index >= 15 is 0 Å². The molecule has 148 valence electrons. The van der Waals surface area contributed by atoms with Crippen LogP contribution in [-0.4, -0.2) is 36.2 Å². The highest BCUT2D eigenvalue weighted by atomic mass is 16.5. The predicted octanol–water partition coefficient (Wildman–Crippen LogP) is 4.61. The number of rotatable bonds is 6. The number of benzene rings is 2. The Labute approximate surface area is 166 Å². The van der Waals surface area contributed by atoms with Gasteiger partial charge in [-0.15, -0.1) is 0 Å². The van der Waals surface area contributed by atoms with Gasteiger partial charge in [-0.05, 0) is 56.0 Å². The second-order valence-corrected chi connectivity index (χ2v) is 7.58. The maximum absolute atomic E-state index is 13.2. The van der Waals surface area contributed by atoms with Gasteiger partial charge < -0.3 is 19.7 Å². The number of nitrogens with one attached hydrogen (secondary N) is 1. The molecule has 1 amide bonds. The van der Waals surface area contributed by atoms with Gasteiger partial charge in [-0.3, -0.25) is 4.79 Å². The summed E-state index contributed by atoms with van der Waals surface area (Å²) in [5.74, 6) is 0.879. The van der Waals surface area contributed by atoms with Gasteiger partial charge in [0.1, 0.15) is 18.5 Å². The molecule has 1 saturated heterocycles. The van der Waals surface area contributed by atoms with Gasteiger partial charge in [0.2, 0.25) is 0 Å². The van der Waals surface area contributed by atoms with Crippen molar-refractivity contribution < 1.29 is 14.3 Å². The molecule has 0 aliphatic carbocycles. The van der Waals surface area contributed by atoms with Crippen molar-refractivity contribution in [3.05, 3.63) is 59.7 Å². The van der Waals surface area contributed by atoms with E-state index in [4.69, 9.17) is 9.47 Å². The van der Waals surface area contributed by atoms with Crippen LogP contribution >= 0.6 is 0 Å². The summed E-state index contributed by atoms with van der Waals surface area (Å²) in [5.41, 5.74) is 2.63. The Kier molecular flexibility index (Phi) is 5.53. The average Bonchev–Trinajstić information content (AvgIpc) is 3.25. The third kappa shape index (κ3) is 3.72. The fourth-order valence-electron chi connectivity index (χ4n) is 3.90. The Morgan fingerprint density at radius 1 is 1.25 bits per heavy atom. The zero-order valence-electron chi connectivity index (χ0n) is 16.6. The monoisotopic (exact) mass is 380 g/mol. The first kappa shape index (κ1) is 18.8. The van der Waals surface area contributed by atoms with Crippen molar-refractivity contribution in [2.24, 2.45) is 0 Å². The summed E-state index contributed by atoms with van der Waals surface area (Å²) < 4.78 is 11.6. The standard InChI is InChI=1S/C23H28N2O3/c1-3-16(2)25-22(24-21-12-5-4-11-20(21)23(25)26)17-8-6-9-18(14-17)28-15-19-10-7-13-27-19/h4-6,8-9,11-12,14,16,19,22,24H,3,7,10,13,15H2,1-2H3. The van der Waals surface area contributed by atoms with Crippen molar-refractivity contribution in [2.45, 2.75) is 51.4 Å². The van der Waals surface area contributed by atoms with Crippen LogP contribution in [-0.2, 0) is 4.74 Å². The van der Waals surface area contributed by atoms with E-state index in [9.17, 15) is 4.79 Å². The maximum atomic E-state index is 13.2. The van der Waals surface area contributed by atoms with Crippen LogP contribution in [0.4, 0.5) is 5.69 Å². The second kappa shape index (κ2) is 8.23. The number of amides is 1.